The number of carbonyl (C=O) groups excluding carboxylic acids is 1. The van der Waals surface area contributed by atoms with Crippen LogP contribution < -0.4 is 11.1 Å². The van der Waals surface area contributed by atoms with Crippen molar-refractivity contribution < 1.29 is 4.79 Å². The number of carbonyl (C=O) groups is 1. The fraction of sp³-hybridized carbons (Fsp3) is 0.533. The van der Waals surface area contributed by atoms with Gasteiger partial charge in [0.25, 0.3) is 0 Å². The van der Waals surface area contributed by atoms with Crippen LogP contribution in [0.1, 0.15) is 18.9 Å². The zero-order valence-electron chi connectivity index (χ0n) is 12.8. The first kappa shape index (κ1) is 21.5. The minimum Gasteiger partial charge on any atom is -0.327 e. The Bertz CT molecular complexity index is 454. The summed E-state index contributed by atoms with van der Waals surface area (Å²) >= 11 is 2.02. The Morgan fingerprint density at radius 1 is 1.36 bits per heavy atom. The molecule has 0 bridgehead atoms. The fourth-order valence-corrected chi connectivity index (χ4v) is 3.25. The molecule has 22 heavy (non-hydrogen) atoms. The number of anilines is 1. The van der Waals surface area contributed by atoms with Crippen molar-refractivity contribution in [1.82, 2.24) is 4.90 Å². The molecule has 4 nitrogen and oxygen atoms in total. The lowest BCUT2D eigenvalue weighted by atomic mass is 10.1. The topological polar surface area (TPSA) is 58.4 Å². The molecule has 3 N–H and O–H groups in total. The third kappa shape index (κ3) is 7.70. The van der Waals surface area contributed by atoms with Crippen molar-refractivity contribution in [1.29, 1.82) is 0 Å². The number of nitrogens with one attached hydrogen (secondary N) is 1. The van der Waals surface area contributed by atoms with E-state index < -0.39 is 0 Å². The Balaban J connectivity index is 0.00000220. The number of amides is 1. The van der Waals surface area contributed by atoms with Crippen molar-refractivity contribution in [3.63, 3.8) is 0 Å². The summed E-state index contributed by atoms with van der Waals surface area (Å²) in [6.07, 6.45) is 0.355. The Labute approximate surface area is 149 Å². The second-order valence-electron chi connectivity index (χ2n) is 5.32. The summed E-state index contributed by atoms with van der Waals surface area (Å²) in [6.45, 7) is 5.08. The van der Waals surface area contributed by atoms with Crippen LogP contribution >= 0.6 is 36.6 Å². The van der Waals surface area contributed by atoms with Crippen LogP contribution in [0.5, 0.6) is 0 Å². The zero-order chi connectivity index (χ0) is 14.4. The van der Waals surface area contributed by atoms with Gasteiger partial charge in [0.15, 0.2) is 0 Å². The molecule has 1 aromatic carbocycles. The SMILES string of the molecule is CC(N)CC(=O)Nc1cccc(CN2CCSCC2)c1.Cl.Cl. The van der Waals surface area contributed by atoms with Crippen LogP contribution in [0, 0.1) is 0 Å². The average Bonchev–Trinajstić information content (AvgIpc) is 2.39. The molecule has 0 aromatic heterocycles. The van der Waals surface area contributed by atoms with Crippen molar-refractivity contribution >= 4 is 48.2 Å². The van der Waals surface area contributed by atoms with E-state index in [0.717, 1.165) is 25.3 Å². The van der Waals surface area contributed by atoms with E-state index in [-0.39, 0.29) is 36.8 Å². The van der Waals surface area contributed by atoms with E-state index in [0.29, 0.717) is 6.42 Å². The van der Waals surface area contributed by atoms with Gasteiger partial charge in [0.05, 0.1) is 0 Å². The number of halogens is 2. The summed E-state index contributed by atoms with van der Waals surface area (Å²) < 4.78 is 0. The monoisotopic (exact) mass is 365 g/mol. The molecule has 1 heterocycles. The Morgan fingerprint density at radius 2 is 2.05 bits per heavy atom. The summed E-state index contributed by atoms with van der Waals surface area (Å²) in [4.78, 5) is 14.2. The minimum atomic E-state index is -0.107. The molecule has 1 fully saturated rings. The molecule has 2 rings (SSSR count). The van der Waals surface area contributed by atoms with Gasteiger partial charge in [-0.05, 0) is 24.6 Å². The van der Waals surface area contributed by atoms with E-state index in [1.165, 1.54) is 17.1 Å². The molecular weight excluding hydrogens is 341 g/mol. The third-order valence-corrected chi connectivity index (χ3v) is 4.17. The van der Waals surface area contributed by atoms with Gasteiger partial charge in [0.2, 0.25) is 5.91 Å². The number of nitrogens with two attached hydrogens (primary N) is 1. The van der Waals surface area contributed by atoms with E-state index in [1.54, 1.807) is 0 Å². The fourth-order valence-electron chi connectivity index (χ4n) is 2.27. The van der Waals surface area contributed by atoms with Gasteiger partial charge in [-0.25, -0.2) is 0 Å². The molecule has 1 saturated heterocycles. The summed E-state index contributed by atoms with van der Waals surface area (Å²) in [7, 11) is 0. The van der Waals surface area contributed by atoms with Gasteiger partial charge in [-0.15, -0.1) is 24.8 Å². The van der Waals surface area contributed by atoms with Crippen LogP contribution in [-0.4, -0.2) is 41.4 Å². The van der Waals surface area contributed by atoms with Crippen LogP contribution in [0.3, 0.4) is 0 Å². The quantitative estimate of drug-likeness (QED) is 0.841. The van der Waals surface area contributed by atoms with Crippen LogP contribution in [0.25, 0.3) is 0 Å². The van der Waals surface area contributed by atoms with Gasteiger partial charge in [-0.1, -0.05) is 12.1 Å². The second-order valence-corrected chi connectivity index (χ2v) is 6.54. The molecule has 1 aromatic rings. The lowest BCUT2D eigenvalue weighted by Gasteiger charge is -2.26. The molecule has 126 valence electrons. The highest BCUT2D eigenvalue weighted by molar-refractivity contribution is 7.99. The van der Waals surface area contributed by atoms with Crippen LogP contribution in [0.15, 0.2) is 24.3 Å². The number of thioether (sulfide) groups is 1. The van der Waals surface area contributed by atoms with Crippen molar-refractivity contribution in [3.8, 4) is 0 Å². The number of hydrogen-bond acceptors (Lipinski definition) is 4. The van der Waals surface area contributed by atoms with Crippen molar-refractivity contribution in [2.75, 3.05) is 29.9 Å². The van der Waals surface area contributed by atoms with Crippen molar-refractivity contribution in [2.45, 2.75) is 25.9 Å². The lowest BCUT2D eigenvalue weighted by molar-refractivity contribution is -0.116. The summed E-state index contributed by atoms with van der Waals surface area (Å²) in [5.41, 5.74) is 7.74. The minimum absolute atomic E-state index is 0. The highest BCUT2D eigenvalue weighted by Crippen LogP contribution is 2.16. The standard InChI is InChI=1S/C15H23N3OS.2ClH/c1-12(16)9-15(19)17-14-4-2-3-13(10-14)11-18-5-7-20-8-6-18;;/h2-4,10,12H,5-9,11,16H2,1H3,(H,17,19);2*1H. The third-order valence-electron chi connectivity index (χ3n) is 3.23. The summed E-state index contributed by atoms with van der Waals surface area (Å²) in [5.74, 6) is 2.40. The summed E-state index contributed by atoms with van der Waals surface area (Å²) in [5, 5.41) is 2.91. The smallest absolute Gasteiger partial charge is 0.225 e. The molecule has 1 aliphatic heterocycles. The molecule has 1 unspecified atom stereocenters. The maximum absolute atomic E-state index is 11.7. The predicted octanol–water partition coefficient (Wildman–Crippen LogP) is 2.75. The molecular formula is C15H25Cl2N3OS. The average molecular weight is 366 g/mol. The first-order valence-corrected chi connectivity index (χ1v) is 8.23. The molecule has 1 aliphatic rings. The first-order valence-electron chi connectivity index (χ1n) is 7.08. The highest BCUT2D eigenvalue weighted by atomic mass is 35.5. The largest absolute Gasteiger partial charge is 0.327 e. The van der Waals surface area contributed by atoms with Gasteiger partial charge in [0, 0.05) is 49.3 Å². The molecule has 0 saturated carbocycles. The Morgan fingerprint density at radius 3 is 2.68 bits per heavy atom. The maximum atomic E-state index is 11.7. The molecule has 1 amide bonds. The van der Waals surface area contributed by atoms with Gasteiger partial charge < -0.3 is 11.1 Å². The van der Waals surface area contributed by atoms with Crippen molar-refractivity contribution in [3.05, 3.63) is 29.8 Å². The van der Waals surface area contributed by atoms with Crippen LogP contribution in [0.4, 0.5) is 5.69 Å². The summed E-state index contributed by atoms with van der Waals surface area (Å²) in [6, 6.07) is 7.98. The lowest BCUT2D eigenvalue weighted by Crippen LogP contribution is -2.32. The number of hydrogen-bond donors (Lipinski definition) is 2. The maximum Gasteiger partial charge on any atom is 0.225 e. The molecule has 7 heteroatoms. The van der Waals surface area contributed by atoms with Gasteiger partial charge >= 0.3 is 0 Å². The Kier molecular flexibility index (Phi) is 10.9. The van der Waals surface area contributed by atoms with E-state index in [2.05, 4.69) is 22.3 Å². The zero-order valence-corrected chi connectivity index (χ0v) is 15.2. The normalized spacial score (nSPS) is 16.1. The number of rotatable bonds is 5. The molecule has 0 radical (unpaired) electrons. The molecule has 0 aliphatic carbocycles. The van der Waals surface area contributed by atoms with Crippen molar-refractivity contribution in [2.24, 2.45) is 5.73 Å². The highest BCUT2D eigenvalue weighted by Gasteiger charge is 2.11. The van der Waals surface area contributed by atoms with Crippen LogP contribution in [0.2, 0.25) is 0 Å². The van der Waals surface area contributed by atoms with E-state index in [1.807, 2.05) is 30.8 Å². The number of nitrogens with zero attached hydrogens (tertiary/aromatic N) is 1. The van der Waals surface area contributed by atoms with Gasteiger partial charge in [0.1, 0.15) is 0 Å². The van der Waals surface area contributed by atoms with E-state index in [9.17, 15) is 4.79 Å². The van der Waals surface area contributed by atoms with E-state index >= 15 is 0 Å². The second kappa shape index (κ2) is 11.1. The predicted molar refractivity (Wildman–Crippen MR) is 100 cm³/mol. The van der Waals surface area contributed by atoms with Gasteiger partial charge in [-0.2, -0.15) is 11.8 Å². The van der Waals surface area contributed by atoms with Crippen LogP contribution in [-0.2, 0) is 11.3 Å². The van der Waals surface area contributed by atoms with E-state index in [4.69, 9.17) is 5.73 Å². The Hall–Kier alpha value is -0.460. The first-order chi connectivity index (χ1) is 9.63. The number of benzene rings is 1. The molecule has 1 atom stereocenters. The molecule has 0 spiro atoms. The van der Waals surface area contributed by atoms with Gasteiger partial charge in [-0.3, -0.25) is 9.69 Å².